The molecule has 2 aliphatic rings. The summed E-state index contributed by atoms with van der Waals surface area (Å²) >= 11 is 0. The lowest BCUT2D eigenvalue weighted by Gasteiger charge is -2.33. The van der Waals surface area contributed by atoms with E-state index in [0.717, 1.165) is 37.5 Å². The van der Waals surface area contributed by atoms with Crippen molar-refractivity contribution in [3.8, 4) is 11.5 Å². The molecule has 0 aromatic heterocycles. The SMILES string of the molecule is COc1ccc(OC)c(C(O)CNC2CCCC2C2COCCN2)c1.Cl. The molecule has 26 heavy (non-hydrogen) atoms. The van der Waals surface area contributed by atoms with Crippen molar-refractivity contribution in [1.82, 2.24) is 10.6 Å². The van der Waals surface area contributed by atoms with E-state index in [-0.39, 0.29) is 12.4 Å². The number of aliphatic hydroxyl groups is 1. The molecule has 1 saturated heterocycles. The molecular weight excluding hydrogens is 356 g/mol. The van der Waals surface area contributed by atoms with Gasteiger partial charge in [-0.15, -0.1) is 12.4 Å². The van der Waals surface area contributed by atoms with Crippen LogP contribution in [0.2, 0.25) is 0 Å². The van der Waals surface area contributed by atoms with Gasteiger partial charge in [-0.25, -0.2) is 0 Å². The van der Waals surface area contributed by atoms with E-state index in [1.165, 1.54) is 12.8 Å². The van der Waals surface area contributed by atoms with Crippen molar-refractivity contribution in [2.24, 2.45) is 5.92 Å². The number of nitrogens with one attached hydrogen (secondary N) is 2. The van der Waals surface area contributed by atoms with Gasteiger partial charge in [0.2, 0.25) is 0 Å². The highest BCUT2D eigenvalue weighted by atomic mass is 35.5. The fourth-order valence-corrected chi connectivity index (χ4v) is 4.06. The molecule has 4 atom stereocenters. The monoisotopic (exact) mass is 386 g/mol. The summed E-state index contributed by atoms with van der Waals surface area (Å²) in [6.07, 6.45) is 2.93. The number of aliphatic hydroxyl groups excluding tert-OH is 1. The highest BCUT2D eigenvalue weighted by Crippen LogP contribution is 2.32. The van der Waals surface area contributed by atoms with Gasteiger partial charge >= 0.3 is 0 Å². The quantitative estimate of drug-likeness (QED) is 0.665. The lowest BCUT2D eigenvalue weighted by atomic mass is 9.93. The summed E-state index contributed by atoms with van der Waals surface area (Å²) in [6, 6.07) is 6.33. The van der Waals surface area contributed by atoms with Gasteiger partial charge in [0.15, 0.2) is 0 Å². The van der Waals surface area contributed by atoms with E-state index in [4.69, 9.17) is 14.2 Å². The zero-order valence-corrected chi connectivity index (χ0v) is 16.4. The highest BCUT2D eigenvalue weighted by Gasteiger charge is 2.34. The summed E-state index contributed by atoms with van der Waals surface area (Å²) in [5, 5.41) is 17.8. The van der Waals surface area contributed by atoms with Crippen LogP contribution in [0.4, 0.5) is 0 Å². The molecule has 3 N–H and O–H groups in total. The topological polar surface area (TPSA) is 72.0 Å². The number of ether oxygens (including phenoxy) is 3. The molecule has 1 aromatic rings. The molecule has 1 aliphatic carbocycles. The second-order valence-corrected chi connectivity index (χ2v) is 6.87. The van der Waals surface area contributed by atoms with Gasteiger partial charge in [-0.3, -0.25) is 0 Å². The fraction of sp³-hybridized carbons (Fsp3) is 0.684. The van der Waals surface area contributed by atoms with Crippen molar-refractivity contribution in [3.05, 3.63) is 23.8 Å². The Morgan fingerprint density at radius 1 is 1.31 bits per heavy atom. The van der Waals surface area contributed by atoms with Crippen LogP contribution < -0.4 is 20.1 Å². The molecular formula is C19H31ClN2O4. The normalized spacial score (nSPS) is 26.8. The van der Waals surface area contributed by atoms with Crippen molar-refractivity contribution >= 4 is 12.4 Å². The molecule has 1 heterocycles. The average Bonchev–Trinajstić information content (AvgIpc) is 3.14. The second kappa shape index (κ2) is 10.3. The van der Waals surface area contributed by atoms with Crippen molar-refractivity contribution in [3.63, 3.8) is 0 Å². The molecule has 0 spiro atoms. The Morgan fingerprint density at radius 2 is 2.15 bits per heavy atom. The van der Waals surface area contributed by atoms with E-state index < -0.39 is 6.10 Å². The van der Waals surface area contributed by atoms with Gasteiger partial charge in [0, 0.05) is 30.7 Å². The Hall–Kier alpha value is -1.05. The third-order valence-corrected chi connectivity index (χ3v) is 5.41. The Balaban J connectivity index is 0.00000243. The van der Waals surface area contributed by atoms with Crippen LogP contribution in [0.25, 0.3) is 0 Å². The fourth-order valence-electron chi connectivity index (χ4n) is 4.06. The third-order valence-electron chi connectivity index (χ3n) is 5.41. The average molecular weight is 387 g/mol. The maximum atomic E-state index is 10.7. The molecule has 3 rings (SSSR count). The van der Waals surface area contributed by atoms with E-state index in [1.54, 1.807) is 14.2 Å². The van der Waals surface area contributed by atoms with Crippen LogP contribution in [0.15, 0.2) is 18.2 Å². The molecule has 6 nitrogen and oxygen atoms in total. The lowest BCUT2D eigenvalue weighted by Crippen LogP contribution is -2.51. The largest absolute Gasteiger partial charge is 0.497 e. The van der Waals surface area contributed by atoms with Crippen molar-refractivity contribution in [2.75, 3.05) is 40.5 Å². The minimum absolute atomic E-state index is 0. The number of morpholine rings is 1. The van der Waals surface area contributed by atoms with Gasteiger partial charge in [-0.05, 0) is 37.0 Å². The molecule has 1 saturated carbocycles. The maximum absolute atomic E-state index is 10.7. The Labute approximate surface area is 162 Å². The summed E-state index contributed by atoms with van der Waals surface area (Å²) in [5.41, 5.74) is 0.753. The minimum Gasteiger partial charge on any atom is -0.497 e. The summed E-state index contributed by atoms with van der Waals surface area (Å²) in [4.78, 5) is 0. The van der Waals surface area contributed by atoms with Crippen molar-refractivity contribution < 1.29 is 19.3 Å². The molecule has 2 fully saturated rings. The van der Waals surface area contributed by atoms with E-state index in [2.05, 4.69) is 10.6 Å². The van der Waals surface area contributed by atoms with E-state index in [0.29, 0.717) is 30.3 Å². The van der Waals surface area contributed by atoms with E-state index >= 15 is 0 Å². The molecule has 0 amide bonds. The number of hydrogen-bond donors (Lipinski definition) is 3. The molecule has 7 heteroatoms. The molecule has 1 aromatic carbocycles. The number of halogens is 1. The van der Waals surface area contributed by atoms with Gasteiger partial charge in [0.05, 0.1) is 33.5 Å². The van der Waals surface area contributed by atoms with Gasteiger partial charge in [-0.1, -0.05) is 6.42 Å². The van der Waals surface area contributed by atoms with Crippen LogP contribution in [-0.4, -0.2) is 57.7 Å². The van der Waals surface area contributed by atoms with E-state index in [9.17, 15) is 5.11 Å². The van der Waals surface area contributed by atoms with Crippen LogP contribution in [0.3, 0.4) is 0 Å². The minimum atomic E-state index is -0.637. The van der Waals surface area contributed by atoms with Gasteiger partial charge in [0.1, 0.15) is 11.5 Å². The summed E-state index contributed by atoms with van der Waals surface area (Å²) < 4.78 is 16.3. The Morgan fingerprint density at radius 3 is 2.85 bits per heavy atom. The molecule has 0 radical (unpaired) electrons. The number of benzene rings is 1. The van der Waals surface area contributed by atoms with E-state index in [1.807, 2.05) is 18.2 Å². The second-order valence-electron chi connectivity index (χ2n) is 6.87. The number of rotatable bonds is 7. The van der Waals surface area contributed by atoms with Gasteiger partial charge < -0.3 is 30.0 Å². The Bertz CT molecular complexity index is 554. The first-order valence-electron chi connectivity index (χ1n) is 9.17. The van der Waals surface area contributed by atoms with Crippen LogP contribution in [0.5, 0.6) is 11.5 Å². The predicted molar refractivity (Wildman–Crippen MR) is 103 cm³/mol. The number of hydrogen-bond acceptors (Lipinski definition) is 6. The zero-order chi connectivity index (χ0) is 17.6. The molecule has 1 aliphatic heterocycles. The Kier molecular flexibility index (Phi) is 8.44. The highest BCUT2D eigenvalue weighted by molar-refractivity contribution is 5.85. The lowest BCUT2D eigenvalue weighted by molar-refractivity contribution is 0.0512. The van der Waals surface area contributed by atoms with Gasteiger partial charge in [-0.2, -0.15) is 0 Å². The first-order valence-corrected chi connectivity index (χ1v) is 9.17. The number of methoxy groups -OCH3 is 2. The summed E-state index contributed by atoms with van der Waals surface area (Å²) in [7, 11) is 3.24. The molecule has 4 unspecified atom stereocenters. The zero-order valence-electron chi connectivity index (χ0n) is 15.6. The first-order chi connectivity index (χ1) is 12.2. The molecule has 148 valence electrons. The smallest absolute Gasteiger partial charge is 0.124 e. The summed E-state index contributed by atoms with van der Waals surface area (Å²) in [6.45, 7) is 3.01. The van der Waals surface area contributed by atoms with Crippen LogP contribution in [0, 0.1) is 5.92 Å². The van der Waals surface area contributed by atoms with Crippen LogP contribution in [0.1, 0.15) is 30.9 Å². The van der Waals surface area contributed by atoms with Crippen LogP contribution in [-0.2, 0) is 4.74 Å². The van der Waals surface area contributed by atoms with Crippen molar-refractivity contribution in [2.45, 2.75) is 37.5 Å². The predicted octanol–water partition coefficient (Wildman–Crippen LogP) is 1.91. The van der Waals surface area contributed by atoms with Crippen molar-refractivity contribution in [1.29, 1.82) is 0 Å². The van der Waals surface area contributed by atoms with Crippen LogP contribution >= 0.6 is 12.4 Å². The van der Waals surface area contributed by atoms with Gasteiger partial charge in [0.25, 0.3) is 0 Å². The maximum Gasteiger partial charge on any atom is 0.124 e. The first kappa shape index (κ1) is 21.3. The third kappa shape index (κ3) is 5.02. The standard InChI is InChI=1S/C19H30N2O4.ClH/c1-23-13-6-7-19(24-2)15(10-13)18(22)11-21-16-5-3-4-14(16)17-12-25-9-8-20-17;/h6-7,10,14,16-18,20-22H,3-5,8-9,11-12H2,1-2H3;1H. The molecule has 0 bridgehead atoms. The summed E-state index contributed by atoms with van der Waals surface area (Å²) in [5.74, 6) is 1.96.